The van der Waals surface area contributed by atoms with Crippen molar-refractivity contribution in [2.45, 2.75) is 40.2 Å². The SMILES string of the molecule is CC(C)CNCC(C)NCC1CCOCC1C. The van der Waals surface area contributed by atoms with Crippen LogP contribution < -0.4 is 10.6 Å². The minimum Gasteiger partial charge on any atom is -0.381 e. The van der Waals surface area contributed by atoms with Gasteiger partial charge >= 0.3 is 0 Å². The van der Waals surface area contributed by atoms with Gasteiger partial charge < -0.3 is 15.4 Å². The first-order valence-corrected chi connectivity index (χ1v) is 7.11. The lowest BCUT2D eigenvalue weighted by Gasteiger charge is -2.30. The van der Waals surface area contributed by atoms with Crippen LogP contribution in [0.5, 0.6) is 0 Å². The van der Waals surface area contributed by atoms with E-state index >= 15 is 0 Å². The first-order valence-electron chi connectivity index (χ1n) is 7.11. The third-order valence-electron chi connectivity index (χ3n) is 3.55. The van der Waals surface area contributed by atoms with Crippen LogP contribution in [-0.4, -0.2) is 38.9 Å². The molecule has 1 fully saturated rings. The molecule has 17 heavy (non-hydrogen) atoms. The van der Waals surface area contributed by atoms with Gasteiger partial charge in [0.15, 0.2) is 0 Å². The van der Waals surface area contributed by atoms with Crippen LogP contribution in [0.1, 0.15) is 34.1 Å². The van der Waals surface area contributed by atoms with E-state index in [-0.39, 0.29) is 0 Å². The minimum atomic E-state index is 0.559. The fourth-order valence-electron chi connectivity index (χ4n) is 2.24. The van der Waals surface area contributed by atoms with E-state index in [0.29, 0.717) is 12.0 Å². The molecule has 0 aliphatic carbocycles. The van der Waals surface area contributed by atoms with Crippen LogP contribution in [0, 0.1) is 17.8 Å². The van der Waals surface area contributed by atoms with E-state index in [4.69, 9.17) is 4.74 Å². The molecule has 2 N–H and O–H groups in total. The highest BCUT2D eigenvalue weighted by Crippen LogP contribution is 2.20. The van der Waals surface area contributed by atoms with Crippen LogP contribution in [0.15, 0.2) is 0 Å². The van der Waals surface area contributed by atoms with Crippen LogP contribution in [0.25, 0.3) is 0 Å². The minimum absolute atomic E-state index is 0.559. The molecule has 1 aliphatic heterocycles. The van der Waals surface area contributed by atoms with Crippen molar-refractivity contribution < 1.29 is 4.74 Å². The van der Waals surface area contributed by atoms with E-state index in [1.54, 1.807) is 0 Å². The normalized spacial score (nSPS) is 27.4. The zero-order valence-electron chi connectivity index (χ0n) is 12.0. The van der Waals surface area contributed by atoms with Gasteiger partial charge in [-0.1, -0.05) is 20.8 Å². The van der Waals surface area contributed by atoms with Gasteiger partial charge in [-0.3, -0.25) is 0 Å². The molecule has 0 aromatic heterocycles. The molecule has 1 aliphatic rings. The Hall–Kier alpha value is -0.120. The first kappa shape index (κ1) is 14.9. The summed E-state index contributed by atoms with van der Waals surface area (Å²) in [6.07, 6.45) is 1.21. The second-order valence-corrected chi connectivity index (χ2v) is 5.96. The monoisotopic (exact) mass is 242 g/mol. The largest absolute Gasteiger partial charge is 0.381 e. The molecule has 0 aromatic rings. The fraction of sp³-hybridized carbons (Fsp3) is 1.00. The molecule has 0 aromatic carbocycles. The van der Waals surface area contributed by atoms with Gasteiger partial charge in [-0.05, 0) is 44.2 Å². The zero-order valence-corrected chi connectivity index (χ0v) is 12.0. The molecule has 102 valence electrons. The summed E-state index contributed by atoms with van der Waals surface area (Å²) in [6, 6.07) is 0.559. The van der Waals surface area contributed by atoms with E-state index < -0.39 is 0 Å². The highest BCUT2D eigenvalue weighted by molar-refractivity contribution is 4.75. The molecule has 3 heteroatoms. The zero-order chi connectivity index (χ0) is 12.7. The van der Waals surface area contributed by atoms with Crippen LogP contribution >= 0.6 is 0 Å². The lowest BCUT2D eigenvalue weighted by atomic mass is 9.90. The van der Waals surface area contributed by atoms with Crippen molar-refractivity contribution in [3.8, 4) is 0 Å². The molecular weight excluding hydrogens is 212 g/mol. The van der Waals surface area contributed by atoms with Crippen LogP contribution in [0.3, 0.4) is 0 Å². The molecule has 0 amide bonds. The van der Waals surface area contributed by atoms with E-state index in [0.717, 1.165) is 44.7 Å². The lowest BCUT2D eigenvalue weighted by molar-refractivity contribution is 0.0238. The quantitative estimate of drug-likeness (QED) is 0.715. The maximum absolute atomic E-state index is 5.47. The van der Waals surface area contributed by atoms with Crippen molar-refractivity contribution in [1.29, 1.82) is 0 Å². The summed E-state index contributed by atoms with van der Waals surface area (Å²) >= 11 is 0. The summed E-state index contributed by atoms with van der Waals surface area (Å²) in [6.45, 7) is 14.2. The van der Waals surface area contributed by atoms with Crippen molar-refractivity contribution in [2.24, 2.45) is 17.8 Å². The Labute approximate surface area is 107 Å². The second-order valence-electron chi connectivity index (χ2n) is 5.96. The van der Waals surface area contributed by atoms with Crippen molar-refractivity contribution >= 4 is 0 Å². The standard InChI is InChI=1S/C14H30N2O/c1-11(2)7-15-8-13(4)16-9-14-5-6-17-10-12(14)3/h11-16H,5-10H2,1-4H3. The lowest BCUT2D eigenvalue weighted by Crippen LogP contribution is -2.42. The Kier molecular flexibility index (Phi) is 7.09. The molecular formula is C14H30N2O. The third-order valence-corrected chi connectivity index (χ3v) is 3.55. The number of ether oxygens (including phenoxy) is 1. The van der Waals surface area contributed by atoms with Gasteiger partial charge in [0.2, 0.25) is 0 Å². The Morgan fingerprint density at radius 2 is 2.00 bits per heavy atom. The molecule has 3 atom stereocenters. The molecule has 3 nitrogen and oxygen atoms in total. The summed E-state index contributed by atoms with van der Waals surface area (Å²) in [5.74, 6) is 2.22. The van der Waals surface area contributed by atoms with Crippen LogP contribution in [0.4, 0.5) is 0 Å². The Morgan fingerprint density at radius 1 is 1.24 bits per heavy atom. The predicted molar refractivity (Wildman–Crippen MR) is 73.3 cm³/mol. The Morgan fingerprint density at radius 3 is 2.65 bits per heavy atom. The van der Waals surface area contributed by atoms with Gasteiger partial charge in [0.1, 0.15) is 0 Å². The highest BCUT2D eigenvalue weighted by atomic mass is 16.5. The molecule has 0 radical (unpaired) electrons. The van der Waals surface area contributed by atoms with Crippen molar-refractivity contribution in [2.75, 3.05) is 32.8 Å². The summed E-state index contributed by atoms with van der Waals surface area (Å²) in [5.41, 5.74) is 0. The van der Waals surface area contributed by atoms with Gasteiger partial charge in [-0.15, -0.1) is 0 Å². The molecule has 3 unspecified atom stereocenters. The first-order chi connectivity index (χ1) is 8.09. The topological polar surface area (TPSA) is 33.3 Å². The summed E-state index contributed by atoms with van der Waals surface area (Å²) < 4.78 is 5.47. The molecule has 1 rings (SSSR count). The van der Waals surface area contributed by atoms with E-state index in [2.05, 4.69) is 38.3 Å². The van der Waals surface area contributed by atoms with Gasteiger partial charge in [0.25, 0.3) is 0 Å². The van der Waals surface area contributed by atoms with E-state index in [1.807, 2.05) is 0 Å². The number of rotatable bonds is 7. The van der Waals surface area contributed by atoms with E-state index in [1.165, 1.54) is 6.42 Å². The fourth-order valence-corrected chi connectivity index (χ4v) is 2.24. The highest BCUT2D eigenvalue weighted by Gasteiger charge is 2.21. The van der Waals surface area contributed by atoms with Crippen LogP contribution in [0.2, 0.25) is 0 Å². The molecule has 0 bridgehead atoms. The summed E-state index contributed by atoms with van der Waals surface area (Å²) in [7, 11) is 0. The number of hydrogen-bond donors (Lipinski definition) is 2. The Bertz CT molecular complexity index is 197. The summed E-state index contributed by atoms with van der Waals surface area (Å²) in [4.78, 5) is 0. The maximum atomic E-state index is 5.47. The smallest absolute Gasteiger partial charge is 0.0494 e. The average molecular weight is 242 g/mol. The van der Waals surface area contributed by atoms with Crippen molar-refractivity contribution in [3.63, 3.8) is 0 Å². The van der Waals surface area contributed by atoms with E-state index in [9.17, 15) is 0 Å². The predicted octanol–water partition coefficient (Wildman–Crippen LogP) is 1.88. The van der Waals surface area contributed by atoms with Gasteiger partial charge in [-0.2, -0.15) is 0 Å². The number of nitrogens with one attached hydrogen (secondary N) is 2. The number of hydrogen-bond acceptors (Lipinski definition) is 3. The second kappa shape index (κ2) is 8.06. The Balaban J connectivity index is 2.07. The van der Waals surface area contributed by atoms with Crippen molar-refractivity contribution in [1.82, 2.24) is 10.6 Å². The maximum Gasteiger partial charge on any atom is 0.0494 e. The molecule has 1 saturated heterocycles. The van der Waals surface area contributed by atoms with Crippen LogP contribution in [-0.2, 0) is 4.74 Å². The summed E-state index contributed by atoms with van der Waals surface area (Å²) in [5, 5.41) is 7.13. The van der Waals surface area contributed by atoms with Gasteiger partial charge in [0.05, 0.1) is 0 Å². The average Bonchev–Trinajstić information content (AvgIpc) is 2.27. The van der Waals surface area contributed by atoms with Crippen molar-refractivity contribution in [3.05, 3.63) is 0 Å². The van der Waals surface area contributed by atoms with Gasteiger partial charge in [0, 0.05) is 25.8 Å². The molecule has 0 saturated carbocycles. The van der Waals surface area contributed by atoms with Gasteiger partial charge in [-0.25, -0.2) is 0 Å². The third kappa shape index (κ3) is 6.39. The molecule has 1 heterocycles. The molecule has 0 spiro atoms.